The van der Waals surface area contributed by atoms with Crippen LogP contribution in [0.2, 0.25) is 0 Å². The van der Waals surface area contributed by atoms with Crippen LogP contribution in [0.1, 0.15) is 16.1 Å². The number of hydrogen-bond acceptors (Lipinski definition) is 3. The molecule has 0 bridgehead atoms. The Morgan fingerprint density at radius 3 is 2.62 bits per heavy atom. The second kappa shape index (κ2) is 4.50. The Labute approximate surface area is 102 Å². The molecular formula is C8H5BrClF2NO3. The van der Waals surface area contributed by atoms with Crippen molar-refractivity contribution in [3.8, 4) is 0 Å². The van der Waals surface area contributed by atoms with Crippen molar-refractivity contribution < 1.29 is 18.3 Å². The van der Waals surface area contributed by atoms with Gasteiger partial charge in [0, 0.05) is 4.47 Å². The lowest BCUT2D eigenvalue weighted by molar-refractivity contribution is 0.0596. The normalized spacial score (nSPS) is 11.3. The number of nitrogens with one attached hydrogen (secondary N) is 1. The summed E-state index contributed by atoms with van der Waals surface area (Å²) in [5.41, 5.74) is -2.20. The minimum atomic E-state index is -3.73. The summed E-state index contributed by atoms with van der Waals surface area (Å²) in [7, 11) is 1.07. The first-order chi connectivity index (χ1) is 7.27. The fourth-order valence-corrected chi connectivity index (χ4v) is 1.81. The Kier molecular flexibility index (Phi) is 3.69. The van der Waals surface area contributed by atoms with E-state index in [9.17, 15) is 18.4 Å². The summed E-state index contributed by atoms with van der Waals surface area (Å²) in [5, 5.41) is -3.73. The molecule has 1 N–H and O–H groups in total. The lowest BCUT2D eigenvalue weighted by Crippen LogP contribution is -2.23. The van der Waals surface area contributed by atoms with E-state index in [0.29, 0.717) is 0 Å². The molecule has 0 amide bonds. The van der Waals surface area contributed by atoms with Crippen LogP contribution in [0.4, 0.5) is 8.78 Å². The SMILES string of the molecule is COC(=O)c1cc(Br)c(C(F)(F)Cl)[nH]c1=O. The van der Waals surface area contributed by atoms with Crippen molar-refractivity contribution >= 4 is 33.5 Å². The molecule has 0 spiro atoms. The van der Waals surface area contributed by atoms with Gasteiger partial charge in [0.1, 0.15) is 11.3 Å². The summed E-state index contributed by atoms with van der Waals surface area (Å²) in [4.78, 5) is 24.1. The van der Waals surface area contributed by atoms with E-state index in [2.05, 4.69) is 20.7 Å². The van der Waals surface area contributed by atoms with Crippen molar-refractivity contribution in [3.63, 3.8) is 0 Å². The molecule has 0 saturated carbocycles. The van der Waals surface area contributed by atoms with Gasteiger partial charge in [-0.1, -0.05) is 0 Å². The molecule has 1 heterocycles. The predicted molar refractivity (Wildman–Crippen MR) is 55.8 cm³/mol. The maximum atomic E-state index is 12.8. The summed E-state index contributed by atoms with van der Waals surface area (Å²) in [5.74, 6) is -0.925. The molecule has 8 heteroatoms. The highest BCUT2D eigenvalue weighted by Gasteiger charge is 2.32. The van der Waals surface area contributed by atoms with Crippen LogP contribution in [0.3, 0.4) is 0 Å². The Hall–Kier alpha value is -0.950. The number of aromatic amines is 1. The van der Waals surface area contributed by atoms with Crippen LogP contribution in [-0.4, -0.2) is 18.1 Å². The molecule has 16 heavy (non-hydrogen) atoms. The average molecular weight is 316 g/mol. The molecule has 88 valence electrons. The van der Waals surface area contributed by atoms with E-state index in [0.717, 1.165) is 13.2 Å². The fraction of sp³-hybridized carbons (Fsp3) is 0.250. The molecule has 0 fully saturated rings. The van der Waals surface area contributed by atoms with Gasteiger partial charge < -0.3 is 9.72 Å². The van der Waals surface area contributed by atoms with Crippen LogP contribution in [0.5, 0.6) is 0 Å². The first-order valence-electron chi connectivity index (χ1n) is 3.85. The Morgan fingerprint density at radius 2 is 2.19 bits per heavy atom. The summed E-state index contributed by atoms with van der Waals surface area (Å²) in [6, 6.07) is 0.927. The largest absolute Gasteiger partial charge is 0.465 e. The van der Waals surface area contributed by atoms with Gasteiger partial charge in [0.15, 0.2) is 0 Å². The number of rotatable bonds is 2. The lowest BCUT2D eigenvalue weighted by atomic mass is 10.2. The van der Waals surface area contributed by atoms with Crippen molar-refractivity contribution in [2.45, 2.75) is 5.38 Å². The monoisotopic (exact) mass is 315 g/mol. The number of aromatic nitrogens is 1. The topological polar surface area (TPSA) is 59.2 Å². The van der Waals surface area contributed by atoms with E-state index in [1.54, 1.807) is 0 Å². The molecule has 0 aliphatic rings. The molecule has 0 atom stereocenters. The molecule has 0 aliphatic heterocycles. The quantitative estimate of drug-likeness (QED) is 0.672. The third-order valence-electron chi connectivity index (χ3n) is 1.68. The Balaban J connectivity index is 3.40. The van der Waals surface area contributed by atoms with Gasteiger partial charge in [-0.2, -0.15) is 8.78 Å². The fourth-order valence-electron chi connectivity index (χ4n) is 0.973. The molecule has 0 saturated heterocycles. The smallest absolute Gasteiger partial charge is 0.363 e. The van der Waals surface area contributed by atoms with Gasteiger partial charge in [0.2, 0.25) is 0 Å². The van der Waals surface area contributed by atoms with E-state index in [4.69, 9.17) is 11.6 Å². The molecule has 4 nitrogen and oxygen atoms in total. The van der Waals surface area contributed by atoms with Crippen LogP contribution in [0, 0.1) is 0 Å². The number of ether oxygens (including phenoxy) is 1. The van der Waals surface area contributed by atoms with Crippen LogP contribution in [0.25, 0.3) is 0 Å². The van der Waals surface area contributed by atoms with E-state index in [-0.39, 0.29) is 10.0 Å². The number of methoxy groups -OCH3 is 1. The number of pyridine rings is 1. The van der Waals surface area contributed by atoms with Gasteiger partial charge in [-0.3, -0.25) is 4.79 Å². The van der Waals surface area contributed by atoms with Gasteiger partial charge in [-0.15, -0.1) is 0 Å². The summed E-state index contributed by atoms with van der Waals surface area (Å²) < 4.78 is 29.6. The zero-order valence-electron chi connectivity index (χ0n) is 7.81. The van der Waals surface area contributed by atoms with E-state index in [1.807, 2.05) is 4.98 Å². The minimum Gasteiger partial charge on any atom is -0.465 e. The number of esters is 1. The zero-order chi connectivity index (χ0) is 12.5. The first kappa shape index (κ1) is 13.1. The second-order valence-electron chi connectivity index (χ2n) is 2.72. The number of alkyl halides is 3. The highest BCUT2D eigenvalue weighted by atomic mass is 79.9. The summed E-state index contributed by atoms with van der Waals surface area (Å²) >= 11 is 7.52. The minimum absolute atomic E-state index is 0.187. The molecular weight excluding hydrogens is 311 g/mol. The molecule has 1 rings (SSSR count). The second-order valence-corrected chi connectivity index (χ2v) is 4.05. The number of carbonyl (C=O) groups is 1. The van der Waals surface area contributed by atoms with Crippen molar-refractivity contribution in [2.75, 3.05) is 7.11 Å². The van der Waals surface area contributed by atoms with Crippen LogP contribution < -0.4 is 5.56 Å². The molecule has 0 aromatic carbocycles. The maximum Gasteiger partial charge on any atom is 0.363 e. The third-order valence-corrected chi connectivity index (χ3v) is 2.50. The summed E-state index contributed by atoms with van der Waals surface area (Å²) in [6.45, 7) is 0. The highest BCUT2D eigenvalue weighted by Crippen LogP contribution is 2.34. The van der Waals surface area contributed by atoms with Crippen molar-refractivity contribution in [1.29, 1.82) is 0 Å². The van der Waals surface area contributed by atoms with Gasteiger partial charge >= 0.3 is 11.4 Å². The summed E-state index contributed by atoms with van der Waals surface area (Å²) in [6.07, 6.45) is 0. The number of H-pyrrole nitrogens is 1. The van der Waals surface area contributed by atoms with Gasteiger partial charge in [-0.05, 0) is 33.6 Å². The van der Waals surface area contributed by atoms with Crippen LogP contribution >= 0.6 is 27.5 Å². The van der Waals surface area contributed by atoms with Crippen molar-refractivity contribution in [1.82, 2.24) is 4.98 Å². The van der Waals surface area contributed by atoms with Gasteiger partial charge in [0.05, 0.1) is 7.11 Å². The predicted octanol–water partition coefficient (Wildman–Crippen LogP) is 2.21. The number of carbonyl (C=O) groups excluding carboxylic acids is 1. The van der Waals surface area contributed by atoms with Gasteiger partial charge in [-0.25, -0.2) is 4.79 Å². The molecule has 1 aromatic heterocycles. The standard InChI is InChI=1S/C8H5BrClF2NO3/c1-16-7(15)3-2-4(9)5(8(10,11)12)13-6(3)14/h2H,1H3,(H,13,14). The maximum absolute atomic E-state index is 12.8. The van der Waals surface area contributed by atoms with E-state index >= 15 is 0 Å². The highest BCUT2D eigenvalue weighted by molar-refractivity contribution is 9.10. The Morgan fingerprint density at radius 1 is 1.62 bits per heavy atom. The molecule has 1 aromatic rings. The van der Waals surface area contributed by atoms with Crippen LogP contribution in [0.15, 0.2) is 15.3 Å². The molecule has 0 aliphatic carbocycles. The number of hydrogen-bond donors (Lipinski definition) is 1. The zero-order valence-corrected chi connectivity index (χ0v) is 10.2. The molecule has 0 unspecified atom stereocenters. The third kappa shape index (κ3) is 2.59. The first-order valence-corrected chi connectivity index (χ1v) is 5.02. The molecule has 0 radical (unpaired) electrons. The lowest BCUT2D eigenvalue weighted by Gasteiger charge is -2.10. The van der Waals surface area contributed by atoms with Crippen molar-refractivity contribution in [2.24, 2.45) is 0 Å². The van der Waals surface area contributed by atoms with Crippen molar-refractivity contribution in [3.05, 3.63) is 32.2 Å². The number of halogens is 4. The van der Waals surface area contributed by atoms with Crippen LogP contribution in [-0.2, 0) is 10.1 Å². The van der Waals surface area contributed by atoms with E-state index < -0.39 is 22.6 Å². The Bertz CT molecular complexity index is 483. The van der Waals surface area contributed by atoms with E-state index in [1.165, 1.54) is 0 Å². The van der Waals surface area contributed by atoms with Gasteiger partial charge in [0.25, 0.3) is 5.56 Å². The average Bonchev–Trinajstić information content (AvgIpc) is 2.18.